The van der Waals surface area contributed by atoms with Crippen LogP contribution in [0.25, 0.3) is 5.70 Å². The molecule has 4 nitrogen and oxygen atoms in total. The number of esters is 1. The Morgan fingerprint density at radius 1 is 1.00 bits per heavy atom. The molecule has 0 fully saturated rings. The molecular weight excluding hydrogens is 326 g/mol. The smallest absolute Gasteiger partial charge is 0.336 e. The first-order valence-corrected chi connectivity index (χ1v) is 8.54. The number of allylic oxidation sites excluding steroid dienone is 2. The van der Waals surface area contributed by atoms with Crippen LogP contribution in [0, 0.1) is 6.92 Å². The van der Waals surface area contributed by atoms with E-state index >= 15 is 0 Å². The van der Waals surface area contributed by atoms with Gasteiger partial charge in [-0.2, -0.15) is 0 Å². The van der Waals surface area contributed by atoms with Gasteiger partial charge in [-0.1, -0.05) is 54.1 Å². The minimum absolute atomic E-state index is 0.0393. The van der Waals surface area contributed by atoms with Gasteiger partial charge in [-0.25, -0.2) is 4.79 Å². The van der Waals surface area contributed by atoms with E-state index in [1.165, 1.54) is 7.11 Å². The molecule has 0 aromatic heterocycles. The molecular formula is C22H19NO3. The molecule has 4 rings (SSSR count). The predicted molar refractivity (Wildman–Crippen MR) is 99.5 cm³/mol. The molecule has 1 heterocycles. The van der Waals surface area contributed by atoms with Gasteiger partial charge in [-0.3, -0.25) is 4.79 Å². The number of fused-ring (bicyclic) bond motifs is 2. The van der Waals surface area contributed by atoms with Gasteiger partial charge in [0.2, 0.25) is 0 Å². The molecule has 26 heavy (non-hydrogen) atoms. The fraction of sp³-hybridized carbons (Fsp3) is 0.182. The largest absolute Gasteiger partial charge is 0.466 e. The van der Waals surface area contributed by atoms with Crippen LogP contribution < -0.4 is 5.32 Å². The standard InChI is InChI=1S/C22H19NO3/c1-12-8-10-14(11-9-12)18-17(22(25)26-3)13(2)23-20-15-6-4-5-7-16(15)21(24)19(18)20/h4-11,18,23H,1-3H3. The van der Waals surface area contributed by atoms with Gasteiger partial charge >= 0.3 is 5.97 Å². The van der Waals surface area contributed by atoms with E-state index < -0.39 is 11.9 Å². The predicted octanol–water partition coefficient (Wildman–Crippen LogP) is 3.74. The van der Waals surface area contributed by atoms with Gasteiger partial charge in [0.05, 0.1) is 18.4 Å². The molecule has 0 spiro atoms. The second kappa shape index (κ2) is 5.99. The van der Waals surface area contributed by atoms with Crippen molar-refractivity contribution in [3.05, 3.63) is 87.6 Å². The molecule has 0 bridgehead atoms. The van der Waals surface area contributed by atoms with Gasteiger partial charge < -0.3 is 10.1 Å². The summed E-state index contributed by atoms with van der Waals surface area (Å²) >= 11 is 0. The van der Waals surface area contributed by atoms with Crippen molar-refractivity contribution in [3.63, 3.8) is 0 Å². The van der Waals surface area contributed by atoms with Gasteiger partial charge in [0, 0.05) is 28.3 Å². The Kier molecular flexibility index (Phi) is 3.76. The molecule has 0 saturated carbocycles. The zero-order chi connectivity index (χ0) is 18.4. The van der Waals surface area contributed by atoms with E-state index in [0.29, 0.717) is 22.4 Å². The summed E-state index contributed by atoms with van der Waals surface area (Å²) in [7, 11) is 1.37. The molecule has 1 N–H and O–H groups in total. The highest BCUT2D eigenvalue weighted by atomic mass is 16.5. The topological polar surface area (TPSA) is 55.4 Å². The highest BCUT2D eigenvalue weighted by molar-refractivity contribution is 6.23. The highest BCUT2D eigenvalue weighted by Crippen LogP contribution is 2.46. The van der Waals surface area contributed by atoms with Crippen molar-refractivity contribution in [3.8, 4) is 0 Å². The Bertz CT molecular complexity index is 996. The third-order valence-electron chi connectivity index (χ3n) is 5.06. The monoisotopic (exact) mass is 345 g/mol. The van der Waals surface area contributed by atoms with Crippen LogP contribution in [0.5, 0.6) is 0 Å². The van der Waals surface area contributed by atoms with Crippen LogP contribution >= 0.6 is 0 Å². The fourth-order valence-electron chi connectivity index (χ4n) is 3.80. The second-order valence-corrected chi connectivity index (χ2v) is 6.66. The van der Waals surface area contributed by atoms with Gasteiger partial charge in [0.25, 0.3) is 0 Å². The summed E-state index contributed by atoms with van der Waals surface area (Å²) in [5.74, 6) is -0.905. The molecule has 0 radical (unpaired) electrons. The van der Waals surface area contributed by atoms with Crippen LogP contribution in [0.2, 0.25) is 0 Å². The molecule has 0 saturated heterocycles. The van der Waals surface area contributed by atoms with Gasteiger partial charge in [0.15, 0.2) is 5.78 Å². The van der Waals surface area contributed by atoms with Crippen molar-refractivity contribution in [1.29, 1.82) is 0 Å². The molecule has 4 heteroatoms. The Labute approximate surface area is 152 Å². The molecule has 1 atom stereocenters. The Balaban J connectivity index is 1.95. The van der Waals surface area contributed by atoms with Crippen molar-refractivity contribution >= 4 is 17.4 Å². The zero-order valence-electron chi connectivity index (χ0n) is 14.9. The molecule has 2 aromatic carbocycles. The summed E-state index contributed by atoms with van der Waals surface area (Å²) in [6.45, 7) is 3.86. The zero-order valence-corrected chi connectivity index (χ0v) is 14.9. The van der Waals surface area contributed by atoms with Crippen LogP contribution in [0.4, 0.5) is 0 Å². The van der Waals surface area contributed by atoms with E-state index in [4.69, 9.17) is 4.74 Å². The van der Waals surface area contributed by atoms with Crippen LogP contribution in [0.15, 0.2) is 65.4 Å². The van der Waals surface area contributed by atoms with E-state index in [1.54, 1.807) is 0 Å². The SMILES string of the molecule is COC(=O)C1=C(C)NC2=C(C(=O)c3ccccc32)C1c1ccc(C)cc1. The Hall–Kier alpha value is -3.14. The normalized spacial score (nSPS) is 18.4. The number of hydrogen-bond donors (Lipinski definition) is 1. The quantitative estimate of drug-likeness (QED) is 0.843. The second-order valence-electron chi connectivity index (χ2n) is 6.66. The first-order chi connectivity index (χ1) is 12.5. The minimum atomic E-state index is -0.445. The summed E-state index contributed by atoms with van der Waals surface area (Å²) in [6, 6.07) is 15.5. The number of carbonyl (C=O) groups is 2. The summed E-state index contributed by atoms with van der Waals surface area (Å²) in [6.07, 6.45) is 0. The number of benzene rings is 2. The number of aryl methyl sites for hydroxylation is 1. The number of methoxy groups -OCH3 is 1. The van der Waals surface area contributed by atoms with Crippen LogP contribution in [-0.2, 0) is 9.53 Å². The molecule has 0 amide bonds. The maximum atomic E-state index is 13.2. The molecule has 2 aliphatic rings. The number of Topliss-reactive ketones (excluding diaryl/α,β-unsaturated/α-hetero) is 1. The minimum Gasteiger partial charge on any atom is -0.466 e. The molecule has 1 aliphatic heterocycles. The number of dihydropyridines is 1. The first-order valence-electron chi connectivity index (χ1n) is 8.54. The van der Waals surface area contributed by atoms with Crippen LogP contribution in [0.1, 0.15) is 39.9 Å². The van der Waals surface area contributed by atoms with Crippen molar-refractivity contribution in [2.24, 2.45) is 0 Å². The van der Waals surface area contributed by atoms with Crippen molar-refractivity contribution < 1.29 is 14.3 Å². The number of ketones is 1. The lowest BCUT2D eigenvalue weighted by Gasteiger charge is -2.29. The van der Waals surface area contributed by atoms with Gasteiger partial charge in [-0.15, -0.1) is 0 Å². The van der Waals surface area contributed by atoms with Gasteiger partial charge in [0.1, 0.15) is 0 Å². The number of ether oxygens (including phenoxy) is 1. The summed E-state index contributed by atoms with van der Waals surface area (Å²) < 4.78 is 5.03. The third-order valence-corrected chi connectivity index (χ3v) is 5.06. The lowest BCUT2D eigenvalue weighted by Crippen LogP contribution is -2.29. The average Bonchev–Trinajstić information content (AvgIpc) is 2.93. The molecule has 1 aliphatic carbocycles. The Morgan fingerprint density at radius 2 is 1.65 bits per heavy atom. The van der Waals surface area contributed by atoms with E-state index in [1.807, 2.05) is 62.4 Å². The van der Waals surface area contributed by atoms with Crippen LogP contribution in [-0.4, -0.2) is 18.9 Å². The number of nitrogens with one attached hydrogen (secondary N) is 1. The first kappa shape index (κ1) is 16.3. The molecule has 130 valence electrons. The van der Waals surface area contributed by atoms with E-state index in [0.717, 1.165) is 22.4 Å². The maximum Gasteiger partial charge on any atom is 0.336 e. The van der Waals surface area contributed by atoms with E-state index in [9.17, 15) is 9.59 Å². The summed E-state index contributed by atoms with van der Waals surface area (Å²) in [5, 5.41) is 3.28. The molecule has 1 unspecified atom stereocenters. The fourth-order valence-corrected chi connectivity index (χ4v) is 3.80. The van der Waals surface area contributed by atoms with Gasteiger partial charge in [-0.05, 0) is 19.4 Å². The van der Waals surface area contributed by atoms with E-state index in [2.05, 4.69) is 5.32 Å². The Morgan fingerprint density at radius 3 is 2.31 bits per heavy atom. The van der Waals surface area contributed by atoms with Crippen LogP contribution in [0.3, 0.4) is 0 Å². The summed E-state index contributed by atoms with van der Waals surface area (Å²) in [5.41, 5.74) is 6.18. The van der Waals surface area contributed by atoms with E-state index in [-0.39, 0.29) is 5.78 Å². The van der Waals surface area contributed by atoms with Crippen molar-refractivity contribution in [2.45, 2.75) is 19.8 Å². The maximum absolute atomic E-state index is 13.2. The third kappa shape index (κ3) is 2.30. The highest BCUT2D eigenvalue weighted by Gasteiger charge is 2.42. The summed E-state index contributed by atoms with van der Waals surface area (Å²) in [4.78, 5) is 25.7. The van der Waals surface area contributed by atoms with Crippen molar-refractivity contribution in [2.75, 3.05) is 7.11 Å². The number of rotatable bonds is 2. The lowest BCUT2D eigenvalue weighted by molar-refractivity contribution is -0.136. The van der Waals surface area contributed by atoms with Crippen molar-refractivity contribution in [1.82, 2.24) is 5.32 Å². The average molecular weight is 345 g/mol. The lowest BCUT2D eigenvalue weighted by atomic mass is 9.79. The number of hydrogen-bond acceptors (Lipinski definition) is 4. The number of carbonyl (C=O) groups excluding carboxylic acids is 2. The molecule has 2 aromatic rings.